The average molecular weight is 288 g/mol. The minimum atomic E-state index is -0.0367. The van der Waals surface area contributed by atoms with Gasteiger partial charge in [0.15, 0.2) is 5.43 Å². The predicted octanol–water partition coefficient (Wildman–Crippen LogP) is 4.17. The minimum absolute atomic E-state index is 0.0367. The van der Waals surface area contributed by atoms with Gasteiger partial charge in [-0.2, -0.15) is 0 Å². The van der Waals surface area contributed by atoms with Gasteiger partial charge in [0.05, 0.1) is 6.61 Å². The fraction of sp³-hybridized carbons (Fsp3) is 0.150. The van der Waals surface area contributed by atoms with Gasteiger partial charge in [-0.3, -0.25) is 4.79 Å². The zero-order valence-electron chi connectivity index (χ0n) is 12.6. The van der Waals surface area contributed by atoms with Gasteiger partial charge in [-0.15, -0.1) is 0 Å². The molecule has 0 unspecified atom stereocenters. The van der Waals surface area contributed by atoms with E-state index >= 15 is 0 Å². The fourth-order valence-corrected chi connectivity index (χ4v) is 2.57. The molecular formula is C20H16O2. The third kappa shape index (κ3) is 2.54. The summed E-state index contributed by atoms with van der Waals surface area (Å²) in [6.45, 7) is 4.41. The monoisotopic (exact) mass is 288 g/mol. The van der Waals surface area contributed by atoms with Crippen LogP contribution in [0.4, 0.5) is 0 Å². The molecule has 0 atom stereocenters. The van der Waals surface area contributed by atoms with Crippen molar-refractivity contribution in [3.8, 4) is 16.9 Å². The summed E-state index contributed by atoms with van der Waals surface area (Å²) in [4.78, 5) is 12.7. The fourth-order valence-electron chi connectivity index (χ4n) is 2.57. The van der Waals surface area contributed by atoms with Gasteiger partial charge in [0.2, 0.25) is 0 Å². The van der Waals surface area contributed by atoms with Crippen LogP contribution < -0.4 is 10.2 Å². The predicted molar refractivity (Wildman–Crippen MR) is 89.2 cm³/mol. The van der Waals surface area contributed by atoms with E-state index in [9.17, 15) is 4.79 Å². The van der Waals surface area contributed by atoms with Gasteiger partial charge in [0.25, 0.3) is 0 Å². The van der Waals surface area contributed by atoms with Crippen molar-refractivity contribution in [2.24, 2.45) is 0 Å². The molecule has 2 nitrogen and oxygen atoms in total. The van der Waals surface area contributed by atoms with Crippen LogP contribution in [0.3, 0.4) is 0 Å². The molecule has 3 aromatic carbocycles. The summed E-state index contributed by atoms with van der Waals surface area (Å²) < 4.78 is 5.58. The molecule has 0 bridgehead atoms. The van der Waals surface area contributed by atoms with Crippen LogP contribution in [-0.2, 0) is 0 Å². The van der Waals surface area contributed by atoms with E-state index in [4.69, 9.17) is 4.74 Å². The first-order valence-corrected chi connectivity index (χ1v) is 7.30. The first-order valence-electron chi connectivity index (χ1n) is 7.30. The van der Waals surface area contributed by atoms with Gasteiger partial charge < -0.3 is 4.74 Å². The molecule has 3 rings (SSSR count). The Kier molecular flexibility index (Phi) is 3.80. The lowest BCUT2D eigenvalue weighted by molar-refractivity contribution is 0.338. The highest BCUT2D eigenvalue weighted by atomic mass is 16.5. The van der Waals surface area contributed by atoms with E-state index in [1.165, 1.54) is 0 Å². The van der Waals surface area contributed by atoms with Crippen LogP contribution in [0.25, 0.3) is 21.9 Å². The van der Waals surface area contributed by atoms with Crippen molar-refractivity contribution in [2.45, 2.75) is 13.8 Å². The molecule has 0 heterocycles. The Morgan fingerprint density at radius 1 is 1.05 bits per heavy atom. The van der Waals surface area contributed by atoms with E-state index in [1.54, 1.807) is 6.07 Å². The van der Waals surface area contributed by atoms with Crippen LogP contribution >= 0.6 is 0 Å². The molecule has 108 valence electrons. The molecule has 0 saturated carbocycles. The van der Waals surface area contributed by atoms with E-state index in [2.05, 4.69) is 12.1 Å². The number of hydrogen-bond donors (Lipinski definition) is 0. The summed E-state index contributed by atoms with van der Waals surface area (Å²) in [5.74, 6) is 0.743. The van der Waals surface area contributed by atoms with Crippen molar-refractivity contribution >= 4 is 10.8 Å². The van der Waals surface area contributed by atoms with Gasteiger partial charge in [-0.1, -0.05) is 42.5 Å². The molecule has 0 saturated heterocycles. The second-order valence-electron chi connectivity index (χ2n) is 5.08. The van der Waals surface area contributed by atoms with Crippen LogP contribution in [0.5, 0.6) is 5.75 Å². The molecule has 0 aliphatic rings. The van der Waals surface area contributed by atoms with Gasteiger partial charge in [-0.05, 0) is 31.5 Å². The normalized spacial score (nSPS) is 10.3. The number of aryl methyl sites for hydroxylation is 1. The largest absolute Gasteiger partial charge is 0.494 e. The van der Waals surface area contributed by atoms with E-state index in [1.807, 2.05) is 56.3 Å². The second kappa shape index (κ2) is 5.91. The van der Waals surface area contributed by atoms with E-state index in [0.29, 0.717) is 12.0 Å². The van der Waals surface area contributed by atoms with Crippen LogP contribution in [-0.4, -0.2) is 6.61 Å². The number of ether oxygens (including phenoxy) is 1. The lowest BCUT2D eigenvalue weighted by atomic mass is 10.1. The number of rotatable bonds is 3. The van der Waals surface area contributed by atoms with Crippen LogP contribution in [0, 0.1) is 19.1 Å². The zero-order chi connectivity index (χ0) is 15.5. The van der Waals surface area contributed by atoms with Crippen LogP contribution in [0.2, 0.25) is 0 Å². The van der Waals surface area contributed by atoms with Crippen molar-refractivity contribution in [1.29, 1.82) is 0 Å². The van der Waals surface area contributed by atoms with Crippen LogP contribution in [0.1, 0.15) is 12.5 Å². The Hall–Kier alpha value is -2.79. The Labute approximate surface area is 130 Å². The molecule has 0 fully saturated rings. The van der Waals surface area contributed by atoms with E-state index < -0.39 is 0 Å². The smallest absolute Gasteiger partial charge is 0.188 e. The topological polar surface area (TPSA) is 26.3 Å². The molecule has 0 amide bonds. The summed E-state index contributed by atoms with van der Waals surface area (Å²) in [6, 6.07) is 21.4. The summed E-state index contributed by atoms with van der Waals surface area (Å²) in [6.07, 6.45) is 0. The third-order valence-corrected chi connectivity index (χ3v) is 3.65. The summed E-state index contributed by atoms with van der Waals surface area (Å²) in [5, 5.41) is 1.40. The molecule has 0 N–H and O–H groups in total. The van der Waals surface area contributed by atoms with Gasteiger partial charge in [-0.25, -0.2) is 0 Å². The second-order valence-corrected chi connectivity index (χ2v) is 5.08. The quantitative estimate of drug-likeness (QED) is 0.723. The van der Waals surface area contributed by atoms with Gasteiger partial charge >= 0.3 is 0 Å². The number of benzene rings is 2. The van der Waals surface area contributed by atoms with Gasteiger partial charge in [0.1, 0.15) is 5.75 Å². The van der Waals surface area contributed by atoms with Crippen molar-refractivity contribution < 1.29 is 4.74 Å². The maximum atomic E-state index is 12.7. The lowest BCUT2D eigenvalue weighted by Gasteiger charge is -2.07. The van der Waals surface area contributed by atoms with Crippen molar-refractivity contribution in [2.75, 3.05) is 6.61 Å². The van der Waals surface area contributed by atoms with Crippen molar-refractivity contribution in [3.05, 3.63) is 76.5 Å². The Morgan fingerprint density at radius 3 is 2.55 bits per heavy atom. The highest BCUT2D eigenvalue weighted by molar-refractivity contribution is 5.86. The number of fused-ring (bicyclic) bond motifs is 1. The van der Waals surface area contributed by atoms with Crippen molar-refractivity contribution in [3.63, 3.8) is 0 Å². The number of hydrogen-bond acceptors (Lipinski definition) is 2. The standard InChI is InChI=1S/C20H16O2/c1-3-22-19-12-11-16-9-10-17(15-7-5-4-6-8-15)13-18(21)20(16)14(19)2/h4-8,11-13H,3H2,1-2H3. The maximum absolute atomic E-state index is 12.7. The molecule has 22 heavy (non-hydrogen) atoms. The van der Waals surface area contributed by atoms with Gasteiger partial charge in [0, 0.05) is 28.0 Å². The third-order valence-electron chi connectivity index (χ3n) is 3.65. The molecule has 0 aromatic heterocycles. The molecule has 0 aliphatic carbocycles. The van der Waals surface area contributed by atoms with Crippen LogP contribution in [0.15, 0.2) is 53.3 Å². The summed E-state index contributed by atoms with van der Waals surface area (Å²) in [7, 11) is 0. The molecule has 0 spiro atoms. The lowest BCUT2D eigenvalue weighted by Crippen LogP contribution is -2.01. The molecule has 0 aliphatic heterocycles. The van der Waals surface area contributed by atoms with E-state index in [0.717, 1.165) is 27.8 Å². The first kappa shape index (κ1) is 14.2. The highest BCUT2D eigenvalue weighted by Crippen LogP contribution is 2.24. The summed E-state index contributed by atoms with van der Waals surface area (Å²) in [5.41, 5.74) is 2.52. The molecular weight excluding hydrogens is 272 g/mol. The molecule has 0 radical (unpaired) electrons. The Balaban J connectivity index is 2.28. The zero-order valence-corrected chi connectivity index (χ0v) is 12.6. The average Bonchev–Trinajstić information content (AvgIpc) is 2.71. The Bertz CT molecular complexity index is 867. The van der Waals surface area contributed by atoms with Crippen molar-refractivity contribution in [1.82, 2.24) is 0 Å². The first-order chi connectivity index (χ1) is 10.7. The molecule has 2 heteroatoms. The SMILES string of the molecule is CCOc1ccc2c#cc(-c3ccccc3)cc(=O)c2c1C. The Morgan fingerprint density at radius 2 is 1.82 bits per heavy atom. The molecule has 3 aromatic rings. The van der Waals surface area contributed by atoms with E-state index in [-0.39, 0.29) is 5.43 Å². The minimum Gasteiger partial charge on any atom is -0.494 e. The highest BCUT2D eigenvalue weighted by Gasteiger charge is 2.07. The maximum Gasteiger partial charge on any atom is 0.188 e. The summed E-state index contributed by atoms with van der Waals surface area (Å²) >= 11 is 0.